The molecule has 1 atom stereocenters. The molecule has 1 aromatic carbocycles. The van der Waals surface area contributed by atoms with Gasteiger partial charge in [0.25, 0.3) is 0 Å². The minimum Gasteiger partial charge on any atom is -0.493 e. The number of hydrogen-bond donors (Lipinski definition) is 1. The predicted molar refractivity (Wildman–Crippen MR) is 100.0 cm³/mol. The maximum atomic E-state index is 12.1. The fourth-order valence-electron chi connectivity index (χ4n) is 2.82. The Labute approximate surface area is 154 Å². The molecule has 0 bridgehead atoms. The van der Waals surface area contributed by atoms with Crippen molar-refractivity contribution in [2.24, 2.45) is 0 Å². The highest BCUT2D eigenvalue weighted by molar-refractivity contribution is 5.91. The SMILES string of the molecule is COc1cc(/C=C/C(=O)NCC(C)N2CCOCC2)cc(OC)c1OC. The normalized spacial score (nSPS) is 16.3. The third kappa shape index (κ3) is 5.37. The van der Waals surface area contributed by atoms with Gasteiger partial charge in [0.15, 0.2) is 11.5 Å². The molecule has 1 amide bonds. The van der Waals surface area contributed by atoms with Gasteiger partial charge in [0.05, 0.1) is 34.5 Å². The maximum absolute atomic E-state index is 12.1. The summed E-state index contributed by atoms with van der Waals surface area (Å²) in [5.74, 6) is 1.48. The number of benzene rings is 1. The van der Waals surface area contributed by atoms with Crippen molar-refractivity contribution < 1.29 is 23.7 Å². The zero-order valence-corrected chi connectivity index (χ0v) is 15.9. The minimum absolute atomic E-state index is 0.140. The van der Waals surface area contributed by atoms with Crippen LogP contribution in [-0.2, 0) is 9.53 Å². The highest BCUT2D eigenvalue weighted by Crippen LogP contribution is 2.38. The van der Waals surface area contributed by atoms with Crippen LogP contribution in [0, 0.1) is 0 Å². The summed E-state index contributed by atoms with van der Waals surface area (Å²) in [6.45, 7) is 6.00. The van der Waals surface area contributed by atoms with E-state index >= 15 is 0 Å². The second kappa shape index (κ2) is 10.0. The highest BCUT2D eigenvalue weighted by atomic mass is 16.5. The molecule has 1 heterocycles. The number of rotatable bonds is 8. The second-order valence-corrected chi connectivity index (χ2v) is 6.03. The van der Waals surface area contributed by atoms with Gasteiger partial charge in [-0.25, -0.2) is 0 Å². The Balaban J connectivity index is 1.94. The van der Waals surface area contributed by atoms with Crippen molar-refractivity contribution in [2.75, 3.05) is 54.2 Å². The van der Waals surface area contributed by atoms with Crippen molar-refractivity contribution >= 4 is 12.0 Å². The van der Waals surface area contributed by atoms with Crippen LogP contribution in [0.3, 0.4) is 0 Å². The molecule has 1 saturated heterocycles. The largest absolute Gasteiger partial charge is 0.493 e. The molecular weight excluding hydrogens is 336 g/mol. The summed E-state index contributed by atoms with van der Waals surface area (Å²) < 4.78 is 21.3. The quantitative estimate of drug-likeness (QED) is 0.706. The molecule has 0 spiro atoms. The summed E-state index contributed by atoms with van der Waals surface area (Å²) in [6.07, 6.45) is 3.23. The summed E-state index contributed by atoms with van der Waals surface area (Å²) in [7, 11) is 4.67. The number of amides is 1. The number of ether oxygens (including phenoxy) is 4. The van der Waals surface area contributed by atoms with Gasteiger partial charge in [0, 0.05) is 31.8 Å². The average Bonchev–Trinajstić information content (AvgIpc) is 2.69. The summed E-state index contributed by atoms with van der Waals surface area (Å²) in [4.78, 5) is 14.4. The molecule has 0 aliphatic carbocycles. The molecule has 1 aliphatic rings. The van der Waals surface area contributed by atoms with Gasteiger partial charge in [-0.1, -0.05) is 0 Å². The van der Waals surface area contributed by atoms with Gasteiger partial charge < -0.3 is 24.3 Å². The van der Waals surface area contributed by atoms with E-state index in [1.807, 2.05) is 0 Å². The average molecular weight is 364 g/mol. The Hall–Kier alpha value is -2.25. The number of nitrogens with zero attached hydrogens (tertiary/aromatic N) is 1. The van der Waals surface area contributed by atoms with E-state index in [1.54, 1.807) is 39.5 Å². The first kappa shape index (κ1) is 20.1. The van der Waals surface area contributed by atoms with Gasteiger partial charge in [-0.05, 0) is 30.7 Å². The number of methoxy groups -OCH3 is 3. The lowest BCUT2D eigenvalue weighted by Gasteiger charge is -2.32. The topological polar surface area (TPSA) is 69.3 Å². The van der Waals surface area contributed by atoms with E-state index in [1.165, 1.54) is 6.08 Å². The number of hydrogen-bond acceptors (Lipinski definition) is 6. The van der Waals surface area contributed by atoms with Crippen molar-refractivity contribution in [1.82, 2.24) is 10.2 Å². The Morgan fingerprint density at radius 1 is 1.19 bits per heavy atom. The first-order chi connectivity index (χ1) is 12.6. The lowest BCUT2D eigenvalue weighted by atomic mass is 10.1. The van der Waals surface area contributed by atoms with Gasteiger partial charge in [-0.15, -0.1) is 0 Å². The third-order valence-corrected chi connectivity index (χ3v) is 4.35. The molecule has 1 aromatic rings. The van der Waals surface area contributed by atoms with E-state index in [0.717, 1.165) is 31.9 Å². The standard InChI is InChI=1S/C19H28N2O5/c1-14(21-7-9-26-10-8-21)13-20-18(22)6-5-15-11-16(23-2)19(25-4)17(12-15)24-3/h5-6,11-12,14H,7-10,13H2,1-4H3,(H,20,22)/b6-5+. The molecule has 1 unspecified atom stereocenters. The van der Waals surface area contributed by atoms with Gasteiger partial charge in [-0.3, -0.25) is 9.69 Å². The molecule has 1 N–H and O–H groups in total. The van der Waals surface area contributed by atoms with Gasteiger partial charge in [0.1, 0.15) is 0 Å². The Bertz CT molecular complexity index is 601. The Morgan fingerprint density at radius 3 is 2.35 bits per heavy atom. The van der Waals surface area contributed by atoms with E-state index < -0.39 is 0 Å². The van der Waals surface area contributed by atoms with E-state index in [2.05, 4.69) is 17.1 Å². The molecule has 26 heavy (non-hydrogen) atoms. The van der Waals surface area contributed by atoms with E-state index in [9.17, 15) is 4.79 Å². The molecular formula is C19H28N2O5. The van der Waals surface area contributed by atoms with Crippen LogP contribution in [0.25, 0.3) is 6.08 Å². The molecule has 0 radical (unpaired) electrons. The second-order valence-electron chi connectivity index (χ2n) is 6.03. The van der Waals surface area contributed by atoms with Crippen LogP contribution in [0.1, 0.15) is 12.5 Å². The van der Waals surface area contributed by atoms with Crippen LogP contribution < -0.4 is 19.5 Å². The Kier molecular flexibility index (Phi) is 7.74. The van der Waals surface area contributed by atoms with Crippen molar-refractivity contribution in [2.45, 2.75) is 13.0 Å². The summed E-state index contributed by atoms with van der Waals surface area (Å²) in [6, 6.07) is 3.86. The monoisotopic (exact) mass is 364 g/mol. The number of morpholine rings is 1. The number of nitrogens with one attached hydrogen (secondary N) is 1. The van der Waals surface area contributed by atoms with Crippen molar-refractivity contribution in [3.05, 3.63) is 23.8 Å². The first-order valence-electron chi connectivity index (χ1n) is 8.66. The van der Waals surface area contributed by atoms with Crippen LogP contribution >= 0.6 is 0 Å². The lowest BCUT2D eigenvalue weighted by Crippen LogP contribution is -2.47. The number of carbonyl (C=O) groups is 1. The third-order valence-electron chi connectivity index (χ3n) is 4.35. The number of carbonyl (C=O) groups excluding carboxylic acids is 1. The maximum Gasteiger partial charge on any atom is 0.244 e. The zero-order valence-electron chi connectivity index (χ0n) is 15.9. The van der Waals surface area contributed by atoms with E-state index in [-0.39, 0.29) is 11.9 Å². The van der Waals surface area contributed by atoms with Gasteiger partial charge in [-0.2, -0.15) is 0 Å². The molecule has 0 aromatic heterocycles. The van der Waals surface area contributed by atoms with Gasteiger partial charge in [0.2, 0.25) is 11.7 Å². The molecule has 1 aliphatic heterocycles. The lowest BCUT2D eigenvalue weighted by molar-refractivity contribution is -0.116. The van der Waals surface area contributed by atoms with Crippen LogP contribution in [0.2, 0.25) is 0 Å². The van der Waals surface area contributed by atoms with Crippen molar-refractivity contribution in [3.8, 4) is 17.2 Å². The van der Waals surface area contributed by atoms with Crippen LogP contribution in [0.15, 0.2) is 18.2 Å². The summed E-state index contributed by atoms with van der Waals surface area (Å²) in [5, 5.41) is 2.93. The first-order valence-corrected chi connectivity index (χ1v) is 8.66. The van der Waals surface area contributed by atoms with Crippen LogP contribution in [0.5, 0.6) is 17.2 Å². The molecule has 1 fully saturated rings. The van der Waals surface area contributed by atoms with Gasteiger partial charge >= 0.3 is 0 Å². The van der Waals surface area contributed by atoms with E-state index in [4.69, 9.17) is 18.9 Å². The van der Waals surface area contributed by atoms with Crippen molar-refractivity contribution in [3.63, 3.8) is 0 Å². The smallest absolute Gasteiger partial charge is 0.244 e. The predicted octanol–water partition coefficient (Wildman–Crippen LogP) is 1.56. The fourth-order valence-corrected chi connectivity index (χ4v) is 2.82. The minimum atomic E-state index is -0.140. The fraction of sp³-hybridized carbons (Fsp3) is 0.526. The highest BCUT2D eigenvalue weighted by Gasteiger charge is 2.17. The molecule has 7 nitrogen and oxygen atoms in total. The zero-order chi connectivity index (χ0) is 18.9. The summed E-state index contributed by atoms with van der Waals surface area (Å²) >= 11 is 0. The van der Waals surface area contributed by atoms with Crippen molar-refractivity contribution in [1.29, 1.82) is 0 Å². The molecule has 144 valence electrons. The molecule has 7 heteroatoms. The molecule has 0 saturated carbocycles. The molecule has 2 rings (SSSR count). The van der Waals surface area contributed by atoms with Crippen LogP contribution in [0.4, 0.5) is 0 Å². The van der Waals surface area contributed by atoms with Crippen LogP contribution in [-0.4, -0.2) is 71.0 Å². The van der Waals surface area contributed by atoms with E-state index in [0.29, 0.717) is 23.8 Å². The Morgan fingerprint density at radius 2 is 1.81 bits per heavy atom. The summed E-state index contributed by atoms with van der Waals surface area (Å²) in [5.41, 5.74) is 0.788.